The lowest BCUT2D eigenvalue weighted by Crippen LogP contribution is -2.22. The van der Waals surface area contributed by atoms with Gasteiger partial charge in [0.25, 0.3) is 5.91 Å². The van der Waals surface area contributed by atoms with Gasteiger partial charge < -0.3 is 10.6 Å². The number of carbonyl (C=O) groups excluding carboxylic acids is 1. The van der Waals surface area contributed by atoms with Crippen LogP contribution in [0.3, 0.4) is 0 Å². The number of rotatable bonds is 5. The molecular weight excluding hydrogens is 288 g/mol. The van der Waals surface area contributed by atoms with Crippen LogP contribution >= 0.6 is 0 Å². The molecule has 3 rings (SSSR count). The topological polar surface area (TPSA) is 66.9 Å². The van der Waals surface area contributed by atoms with E-state index in [2.05, 4.69) is 20.6 Å². The molecule has 0 saturated heterocycles. The molecule has 114 valence electrons. The molecular formula is C18H16N4O. The molecule has 0 aliphatic rings. The first-order chi connectivity index (χ1) is 11.3. The Hall–Kier alpha value is -3.21. The summed E-state index contributed by atoms with van der Waals surface area (Å²) >= 11 is 0. The summed E-state index contributed by atoms with van der Waals surface area (Å²) in [5.41, 5.74) is 2.49. The zero-order valence-electron chi connectivity index (χ0n) is 12.4. The Kier molecular flexibility index (Phi) is 4.59. The molecule has 1 amide bonds. The minimum Gasteiger partial charge on any atom is -0.348 e. The van der Waals surface area contributed by atoms with Crippen molar-refractivity contribution in [2.75, 3.05) is 5.32 Å². The molecule has 0 fully saturated rings. The van der Waals surface area contributed by atoms with Crippen molar-refractivity contribution >= 4 is 17.4 Å². The van der Waals surface area contributed by atoms with E-state index in [-0.39, 0.29) is 5.91 Å². The van der Waals surface area contributed by atoms with Crippen molar-refractivity contribution in [3.8, 4) is 0 Å². The zero-order valence-corrected chi connectivity index (χ0v) is 12.4. The van der Waals surface area contributed by atoms with Crippen molar-refractivity contribution in [3.63, 3.8) is 0 Å². The Labute approximate surface area is 134 Å². The van der Waals surface area contributed by atoms with E-state index in [1.54, 1.807) is 30.7 Å². The predicted molar refractivity (Wildman–Crippen MR) is 89.4 cm³/mol. The van der Waals surface area contributed by atoms with E-state index >= 15 is 0 Å². The molecule has 1 aromatic carbocycles. The highest BCUT2D eigenvalue weighted by molar-refractivity contribution is 5.94. The monoisotopic (exact) mass is 304 g/mol. The summed E-state index contributed by atoms with van der Waals surface area (Å²) in [5.74, 6) is 0.484. The second kappa shape index (κ2) is 7.17. The largest absolute Gasteiger partial charge is 0.348 e. The molecule has 2 aromatic heterocycles. The van der Waals surface area contributed by atoms with Crippen molar-refractivity contribution in [3.05, 3.63) is 84.3 Å². The quantitative estimate of drug-likeness (QED) is 0.760. The predicted octanol–water partition coefficient (Wildman–Crippen LogP) is 3.15. The molecule has 3 aromatic rings. The SMILES string of the molecule is O=C(NCc1ccccc1)c1ccnc(Nc2ccncc2)c1. The second-order valence-corrected chi connectivity index (χ2v) is 4.96. The van der Waals surface area contributed by atoms with Crippen LogP contribution in [0.5, 0.6) is 0 Å². The molecule has 5 heteroatoms. The second-order valence-electron chi connectivity index (χ2n) is 4.96. The van der Waals surface area contributed by atoms with Crippen LogP contribution in [-0.2, 0) is 6.54 Å². The first-order valence-electron chi connectivity index (χ1n) is 7.26. The normalized spacial score (nSPS) is 10.1. The lowest BCUT2D eigenvalue weighted by Gasteiger charge is -2.08. The summed E-state index contributed by atoms with van der Waals surface area (Å²) in [7, 11) is 0. The van der Waals surface area contributed by atoms with E-state index in [9.17, 15) is 4.79 Å². The molecule has 0 aliphatic heterocycles. The Morgan fingerprint density at radius 2 is 1.74 bits per heavy atom. The van der Waals surface area contributed by atoms with Crippen molar-refractivity contribution in [2.24, 2.45) is 0 Å². The third-order valence-corrected chi connectivity index (χ3v) is 3.27. The molecule has 2 heterocycles. The number of pyridine rings is 2. The van der Waals surface area contributed by atoms with E-state index in [4.69, 9.17) is 0 Å². The van der Waals surface area contributed by atoms with Gasteiger partial charge in [-0.2, -0.15) is 0 Å². The maximum atomic E-state index is 12.2. The number of anilines is 2. The lowest BCUT2D eigenvalue weighted by atomic mass is 10.2. The third kappa shape index (κ3) is 4.14. The summed E-state index contributed by atoms with van der Waals surface area (Å²) in [5, 5.41) is 6.04. The number of amides is 1. The maximum Gasteiger partial charge on any atom is 0.251 e. The molecule has 0 aliphatic carbocycles. The van der Waals surface area contributed by atoms with Crippen LogP contribution in [0.1, 0.15) is 15.9 Å². The Morgan fingerprint density at radius 1 is 0.957 bits per heavy atom. The number of hydrogen-bond acceptors (Lipinski definition) is 4. The van der Waals surface area contributed by atoms with Crippen LogP contribution in [0.4, 0.5) is 11.5 Å². The van der Waals surface area contributed by atoms with E-state index < -0.39 is 0 Å². The molecule has 0 atom stereocenters. The minimum atomic E-state index is -0.131. The van der Waals surface area contributed by atoms with Gasteiger partial charge in [-0.1, -0.05) is 30.3 Å². The summed E-state index contributed by atoms with van der Waals surface area (Å²) in [6.45, 7) is 0.495. The highest BCUT2D eigenvalue weighted by atomic mass is 16.1. The van der Waals surface area contributed by atoms with E-state index in [1.807, 2.05) is 42.5 Å². The highest BCUT2D eigenvalue weighted by Crippen LogP contribution is 2.14. The lowest BCUT2D eigenvalue weighted by molar-refractivity contribution is 0.0951. The molecule has 0 spiro atoms. The average molecular weight is 304 g/mol. The summed E-state index contributed by atoms with van der Waals surface area (Å²) in [6, 6.07) is 16.9. The molecule has 2 N–H and O–H groups in total. The minimum absolute atomic E-state index is 0.131. The number of aromatic nitrogens is 2. The number of nitrogens with one attached hydrogen (secondary N) is 2. The van der Waals surface area contributed by atoms with Gasteiger partial charge in [-0.15, -0.1) is 0 Å². The highest BCUT2D eigenvalue weighted by Gasteiger charge is 2.07. The van der Waals surface area contributed by atoms with Gasteiger partial charge in [0.1, 0.15) is 5.82 Å². The summed E-state index contributed by atoms with van der Waals surface area (Å²) in [4.78, 5) is 20.4. The van der Waals surface area contributed by atoms with Gasteiger partial charge in [-0.25, -0.2) is 4.98 Å². The van der Waals surface area contributed by atoms with E-state index in [1.165, 1.54) is 0 Å². The smallest absolute Gasteiger partial charge is 0.251 e. The van der Waals surface area contributed by atoms with Crippen molar-refractivity contribution in [1.29, 1.82) is 0 Å². The third-order valence-electron chi connectivity index (χ3n) is 3.27. The van der Waals surface area contributed by atoms with E-state index in [0.717, 1.165) is 11.3 Å². The fraction of sp³-hybridized carbons (Fsp3) is 0.0556. The van der Waals surface area contributed by atoms with Gasteiger partial charge in [0.2, 0.25) is 0 Å². The Bertz CT molecular complexity index is 775. The van der Waals surface area contributed by atoms with Crippen LogP contribution in [-0.4, -0.2) is 15.9 Å². The summed E-state index contributed by atoms with van der Waals surface area (Å²) in [6.07, 6.45) is 5.00. The number of benzene rings is 1. The Balaban J connectivity index is 1.65. The van der Waals surface area contributed by atoms with Gasteiger partial charge in [0, 0.05) is 36.4 Å². The zero-order chi connectivity index (χ0) is 15.9. The summed E-state index contributed by atoms with van der Waals surface area (Å²) < 4.78 is 0. The van der Waals surface area contributed by atoms with Crippen LogP contribution < -0.4 is 10.6 Å². The molecule has 0 unspecified atom stereocenters. The number of carbonyl (C=O) groups is 1. The molecule has 23 heavy (non-hydrogen) atoms. The van der Waals surface area contributed by atoms with Crippen molar-refractivity contribution in [2.45, 2.75) is 6.54 Å². The maximum absolute atomic E-state index is 12.2. The van der Waals surface area contributed by atoms with Crippen molar-refractivity contribution < 1.29 is 4.79 Å². The van der Waals surface area contributed by atoms with Crippen LogP contribution in [0, 0.1) is 0 Å². The molecule has 5 nitrogen and oxygen atoms in total. The first-order valence-corrected chi connectivity index (χ1v) is 7.26. The fourth-order valence-corrected chi connectivity index (χ4v) is 2.10. The van der Waals surface area contributed by atoms with Crippen LogP contribution in [0.2, 0.25) is 0 Å². The van der Waals surface area contributed by atoms with Crippen molar-refractivity contribution in [1.82, 2.24) is 15.3 Å². The standard InChI is InChI=1S/C18H16N4O/c23-18(21-13-14-4-2-1-3-5-14)15-6-11-20-17(12-15)22-16-7-9-19-10-8-16/h1-12H,13H2,(H,21,23)(H,19,20,22). The molecule has 0 bridgehead atoms. The van der Waals surface area contributed by atoms with E-state index in [0.29, 0.717) is 17.9 Å². The number of hydrogen-bond donors (Lipinski definition) is 2. The van der Waals surface area contributed by atoms with Gasteiger partial charge in [0.15, 0.2) is 0 Å². The number of nitrogens with zero attached hydrogens (tertiary/aromatic N) is 2. The van der Waals surface area contributed by atoms with Gasteiger partial charge in [0.05, 0.1) is 0 Å². The van der Waals surface area contributed by atoms with Crippen LogP contribution in [0.15, 0.2) is 73.2 Å². The van der Waals surface area contributed by atoms with Gasteiger partial charge in [-0.05, 0) is 29.8 Å². The van der Waals surface area contributed by atoms with Crippen LogP contribution in [0.25, 0.3) is 0 Å². The molecule has 0 saturated carbocycles. The van der Waals surface area contributed by atoms with Gasteiger partial charge in [-0.3, -0.25) is 9.78 Å². The van der Waals surface area contributed by atoms with Gasteiger partial charge >= 0.3 is 0 Å². The molecule has 0 radical (unpaired) electrons. The Morgan fingerprint density at radius 3 is 2.52 bits per heavy atom. The average Bonchev–Trinajstić information content (AvgIpc) is 2.62. The first kappa shape index (κ1) is 14.7. The fourth-order valence-electron chi connectivity index (χ4n) is 2.10.